The molecule has 0 fully saturated rings. The van der Waals surface area contributed by atoms with Crippen LogP contribution in [0.1, 0.15) is 20.3 Å². The van der Waals surface area contributed by atoms with Gasteiger partial charge in [0.05, 0.1) is 0 Å². The zero-order chi connectivity index (χ0) is 10.1. The smallest absolute Gasteiger partial charge is 0.246 e. The Bertz CT molecular complexity index is 142. The van der Waals surface area contributed by atoms with Gasteiger partial charge >= 0.3 is 0 Å². The first kappa shape index (κ1) is 12.8. The molecule has 0 rings (SSSR count). The number of hydrogen-bond acceptors (Lipinski definition) is 3. The lowest BCUT2D eigenvalue weighted by atomic mass is 10.4. The van der Waals surface area contributed by atoms with Gasteiger partial charge in [0, 0.05) is 18.4 Å². The van der Waals surface area contributed by atoms with Gasteiger partial charge in [-0.3, -0.25) is 4.79 Å². The number of nitrogens with one attached hydrogen (secondary N) is 1. The lowest BCUT2D eigenvalue weighted by Crippen LogP contribution is -2.32. The summed E-state index contributed by atoms with van der Waals surface area (Å²) in [6, 6.07) is 0. The molecular weight excluding hydrogens is 186 g/mol. The second-order valence-electron chi connectivity index (χ2n) is 2.90. The minimum atomic E-state index is -0.0191. The van der Waals surface area contributed by atoms with Crippen LogP contribution in [0.15, 0.2) is 0 Å². The van der Waals surface area contributed by atoms with Crippen LogP contribution in [0.3, 0.4) is 0 Å². The van der Waals surface area contributed by atoms with Crippen molar-refractivity contribution >= 4 is 17.7 Å². The largest absolute Gasteiger partial charge is 0.372 e. The molecule has 0 bridgehead atoms. The maximum atomic E-state index is 11.1. The molecule has 0 aliphatic heterocycles. The average Bonchev–Trinajstić information content (AvgIpc) is 2.14. The minimum Gasteiger partial charge on any atom is -0.372 e. The van der Waals surface area contributed by atoms with E-state index in [-0.39, 0.29) is 12.5 Å². The summed E-state index contributed by atoms with van der Waals surface area (Å²) in [7, 11) is 0. The van der Waals surface area contributed by atoms with Gasteiger partial charge in [0.25, 0.3) is 0 Å². The molecule has 0 aromatic heterocycles. The van der Waals surface area contributed by atoms with Gasteiger partial charge in [-0.1, -0.05) is 13.8 Å². The lowest BCUT2D eigenvalue weighted by Gasteiger charge is -2.09. The first-order chi connectivity index (χ1) is 6.20. The SMILES string of the molecule is CCCOCC(=O)NCC(C)SC. The molecular formula is C9H19NO2S. The number of rotatable bonds is 7. The number of thioether (sulfide) groups is 1. The first-order valence-electron chi connectivity index (χ1n) is 4.58. The van der Waals surface area contributed by atoms with Crippen molar-refractivity contribution in [3.63, 3.8) is 0 Å². The molecule has 0 aliphatic carbocycles. The third-order valence-electron chi connectivity index (χ3n) is 1.57. The third-order valence-corrected chi connectivity index (χ3v) is 2.54. The molecule has 1 amide bonds. The molecule has 0 spiro atoms. The molecule has 4 heteroatoms. The Kier molecular flexibility index (Phi) is 8.24. The van der Waals surface area contributed by atoms with E-state index in [0.29, 0.717) is 11.9 Å². The molecule has 0 aromatic rings. The Morgan fingerprint density at radius 3 is 2.85 bits per heavy atom. The van der Waals surface area contributed by atoms with Gasteiger partial charge in [-0.2, -0.15) is 11.8 Å². The van der Waals surface area contributed by atoms with Gasteiger partial charge in [0.15, 0.2) is 0 Å². The zero-order valence-corrected chi connectivity index (χ0v) is 9.45. The van der Waals surface area contributed by atoms with Gasteiger partial charge in [0.1, 0.15) is 6.61 Å². The van der Waals surface area contributed by atoms with E-state index in [9.17, 15) is 4.79 Å². The first-order valence-corrected chi connectivity index (χ1v) is 5.86. The highest BCUT2D eigenvalue weighted by Gasteiger charge is 2.03. The van der Waals surface area contributed by atoms with Crippen LogP contribution in [-0.4, -0.2) is 37.2 Å². The third kappa shape index (κ3) is 8.12. The molecule has 0 aliphatic rings. The quantitative estimate of drug-likeness (QED) is 0.636. The molecule has 1 unspecified atom stereocenters. The maximum Gasteiger partial charge on any atom is 0.246 e. The Morgan fingerprint density at radius 1 is 1.62 bits per heavy atom. The van der Waals surface area contributed by atoms with Gasteiger partial charge in [-0.25, -0.2) is 0 Å². The summed E-state index contributed by atoms with van der Waals surface area (Å²) in [5.41, 5.74) is 0. The molecule has 13 heavy (non-hydrogen) atoms. The Morgan fingerprint density at radius 2 is 2.31 bits per heavy atom. The molecule has 1 N–H and O–H groups in total. The van der Waals surface area contributed by atoms with Crippen LogP contribution in [-0.2, 0) is 9.53 Å². The molecule has 0 heterocycles. The highest BCUT2D eigenvalue weighted by molar-refractivity contribution is 7.99. The van der Waals surface area contributed by atoms with E-state index < -0.39 is 0 Å². The van der Waals surface area contributed by atoms with E-state index in [4.69, 9.17) is 4.74 Å². The van der Waals surface area contributed by atoms with Crippen LogP contribution < -0.4 is 5.32 Å². The topological polar surface area (TPSA) is 38.3 Å². The van der Waals surface area contributed by atoms with Crippen LogP contribution in [0.5, 0.6) is 0 Å². The van der Waals surface area contributed by atoms with Crippen molar-refractivity contribution in [2.45, 2.75) is 25.5 Å². The number of carbonyl (C=O) groups is 1. The van der Waals surface area contributed by atoms with Gasteiger partial charge in [-0.05, 0) is 12.7 Å². The van der Waals surface area contributed by atoms with Crippen molar-refractivity contribution in [3.8, 4) is 0 Å². The predicted octanol–water partition coefficient (Wildman–Crippen LogP) is 1.28. The molecule has 78 valence electrons. The molecule has 0 radical (unpaired) electrons. The maximum absolute atomic E-state index is 11.1. The number of hydrogen-bond donors (Lipinski definition) is 1. The number of ether oxygens (including phenoxy) is 1. The van der Waals surface area contributed by atoms with E-state index >= 15 is 0 Å². The summed E-state index contributed by atoms with van der Waals surface area (Å²) in [5.74, 6) is -0.0191. The molecule has 3 nitrogen and oxygen atoms in total. The van der Waals surface area contributed by atoms with E-state index in [1.165, 1.54) is 0 Å². The van der Waals surface area contributed by atoms with Gasteiger partial charge in [-0.15, -0.1) is 0 Å². The van der Waals surface area contributed by atoms with Crippen molar-refractivity contribution in [2.24, 2.45) is 0 Å². The summed E-state index contributed by atoms with van der Waals surface area (Å²) in [5, 5.41) is 3.28. The number of carbonyl (C=O) groups excluding carboxylic acids is 1. The van der Waals surface area contributed by atoms with Gasteiger partial charge < -0.3 is 10.1 Å². The van der Waals surface area contributed by atoms with Crippen LogP contribution >= 0.6 is 11.8 Å². The summed E-state index contributed by atoms with van der Waals surface area (Å²) in [6.07, 6.45) is 2.99. The summed E-state index contributed by atoms with van der Waals surface area (Å²) in [4.78, 5) is 11.1. The van der Waals surface area contributed by atoms with Crippen LogP contribution in [0.4, 0.5) is 0 Å². The van der Waals surface area contributed by atoms with E-state index in [1.807, 2.05) is 13.2 Å². The second kappa shape index (κ2) is 8.38. The summed E-state index contributed by atoms with van der Waals surface area (Å²) >= 11 is 1.74. The lowest BCUT2D eigenvalue weighted by molar-refractivity contribution is -0.125. The fourth-order valence-electron chi connectivity index (χ4n) is 0.701. The van der Waals surface area contributed by atoms with Crippen molar-refractivity contribution in [1.82, 2.24) is 5.32 Å². The van der Waals surface area contributed by atoms with Crippen LogP contribution in [0.25, 0.3) is 0 Å². The van der Waals surface area contributed by atoms with E-state index in [2.05, 4.69) is 12.2 Å². The molecule has 0 saturated heterocycles. The van der Waals surface area contributed by atoms with Gasteiger partial charge in [0.2, 0.25) is 5.91 Å². The monoisotopic (exact) mass is 205 g/mol. The van der Waals surface area contributed by atoms with Crippen LogP contribution in [0.2, 0.25) is 0 Å². The normalized spacial score (nSPS) is 12.5. The Labute approximate surface area is 84.6 Å². The highest BCUT2D eigenvalue weighted by atomic mass is 32.2. The van der Waals surface area contributed by atoms with E-state index in [0.717, 1.165) is 13.0 Å². The molecule has 1 atom stereocenters. The fourth-order valence-corrected chi connectivity index (χ4v) is 0.951. The highest BCUT2D eigenvalue weighted by Crippen LogP contribution is 2.01. The van der Waals surface area contributed by atoms with Crippen molar-refractivity contribution in [2.75, 3.05) is 26.0 Å². The molecule has 0 aromatic carbocycles. The van der Waals surface area contributed by atoms with E-state index in [1.54, 1.807) is 11.8 Å². The zero-order valence-electron chi connectivity index (χ0n) is 8.63. The number of amides is 1. The molecule has 0 saturated carbocycles. The fraction of sp³-hybridized carbons (Fsp3) is 0.889. The Balaban J connectivity index is 3.30. The summed E-state index contributed by atoms with van der Waals surface area (Å²) in [6.45, 7) is 5.67. The van der Waals surface area contributed by atoms with Crippen molar-refractivity contribution in [1.29, 1.82) is 0 Å². The minimum absolute atomic E-state index is 0.0191. The van der Waals surface area contributed by atoms with Crippen molar-refractivity contribution < 1.29 is 9.53 Å². The standard InChI is InChI=1S/C9H19NO2S/c1-4-5-12-7-9(11)10-6-8(2)13-3/h8H,4-7H2,1-3H3,(H,10,11). The average molecular weight is 205 g/mol. The predicted molar refractivity (Wildman–Crippen MR) is 57.1 cm³/mol. The van der Waals surface area contributed by atoms with Crippen LogP contribution in [0, 0.1) is 0 Å². The summed E-state index contributed by atoms with van der Waals surface area (Å²) < 4.78 is 5.09. The Hall–Kier alpha value is -0.220. The second-order valence-corrected chi connectivity index (χ2v) is 4.18. The van der Waals surface area contributed by atoms with Crippen molar-refractivity contribution in [3.05, 3.63) is 0 Å².